The molecular weight excluding hydrogens is 540 g/mol. The van der Waals surface area contributed by atoms with Crippen molar-refractivity contribution in [1.29, 1.82) is 5.26 Å². The lowest BCUT2D eigenvalue weighted by molar-refractivity contribution is 0.0254. The number of nitrogens with one attached hydrogen (secondary N) is 1. The van der Waals surface area contributed by atoms with Gasteiger partial charge in [0.1, 0.15) is 40.5 Å². The van der Waals surface area contributed by atoms with Crippen LogP contribution in [-0.4, -0.2) is 56.7 Å². The van der Waals surface area contributed by atoms with Crippen molar-refractivity contribution in [1.82, 2.24) is 24.2 Å². The van der Waals surface area contributed by atoms with E-state index in [1.807, 2.05) is 47.2 Å². The Kier molecular flexibility index (Phi) is 9.69. The van der Waals surface area contributed by atoms with E-state index in [4.69, 9.17) is 19.2 Å². The summed E-state index contributed by atoms with van der Waals surface area (Å²) in [6, 6.07) is 15.2. The predicted octanol–water partition coefficient (Wildman–Crippen LogP) is 4.07. The quantitative estimate of drug-likeness (QED) is 0.252. The highest BCUT2D eigenvalue weighted by Gasteiger charge is 2.18. The summed E-state index contributed by atoms with van der Waals surface area (Å²) in [5.41, 5.74) is 2.93. The van der Waals surface area contributed by atoms with E-state index in [1.54, 1.807) is 31.9 Å². The van der Waals surface area contributed by atoms with E-state index in [1.165, 1.54) is 0 Å². The summed E-state index contributed by atoms with van der Waals surface area (Å²) in [7, 11) is 0.159. The number of rotatable bonds is 12. The molecule has 0 amide bonds. The highest BCUT2D eigenvalue weighted by Crippen LogP contribution is 2.28. The van der Waals surface area contributed by atoms with Gasteiger partial charge in [0.2, 0.25) is 0 Å². The number of hydrogen-bond acceptors (Lipinski definition) is 8. The van der Waals surface area contributed by atoms with E-state index < -0.39 is 11.0 Å². The van der Waals surface area contributed by atoms with Crippen LogP contribution in [0.25, 0.3) is 11.3 Å². The van der Waals surface area contributed by atoms with E-state index in [9.17, 15) is 9.47 Å². The molecule has 212 valence electrons. The number of imidazole rings is 1. The van der Waals surface area contributed by atoms with E-state index in [2.05, 4.69) is 20.8 Å². The second-order valence-electron chi connectivity index (χ2n) is 9.59. The van der Waals surface area contributed by atoms with Crippen molar-refractivity contribution in [2.75, 3.05) is 26.9 Å². The standard InChI is InChI=1S/C30H32N6O4S/c1-38-28-17-22(3-6-29(28)41(37)34-10-2-13-36-14-12-32-21-36)18-30-33-11-7-26(35-30)23-4-5-27(24(19-23)20-31)40-25-8-15-39-16-9-25/h3-7,11-12,14,17,19,21,25,34H,2,8-10,13,15-16,18H2,1H3. The second-order valence-corrected chi connectivity index (χ2v) is 10.9. The minimum Gasteiger partial charge on any atom is -0.495 e. The molecule has 5 rings (SSSR count). The van der Waals surface area contributed by atoms with Gasteiger partial charge in [0.25, 0.3) is 0 Å². The minimum atomic E-state index is -1.41. The topological polar surface area (TPSA) is 124 Å². The van der Waals surface area contributed by atoms with Gasteiger partial charge in [0, 0.05) is 56.5 Å². The summed E-state index contributed by atoms with van der Waals surface area (Å²) in [4.78, 5) is 13.8. The highest BCUT2D eigenvalue weighted by atomic mass is 32.2. The second kappa shape index (κ2) is 14.0. The summed E-state index contributed by atoms with van der Waals surface area (Å²) in [6.45, 7) is 2.73. The van der Waals surface area contributed by atoms with Gasteiger partial charge in [-0.15, -0.1) is 0 Å². The fourth-order valence-electron chi connectivity index (χ4n) is 4.58. The van der Waals surface area contributed by atoms with Gasteiger partial charge < -0.3 is 18.8 Å². The lowest BCUT2D eigenvalue weighted by Gasteiger charge is -2.23. The number of benzene rings is 2. The molecule has 3 heterocycles. The first-order valence-corrected chi connectivity index (χ1v) is 14.7. The first-order valence-electron chi connectivity index (χ1n) is 13.5. The maximum absolute atomic E-state index is 12.9. The predicted molar refractivity (Wildman–Crippen MR) is 154 cm³/mol. The third-order valence-corrected chi connectivity index (χ3v) is 7.94. The number of methoxy groups -OCH3 is 1. The molecule has 0 radical (unpaired) electrons. The van der Waals surface area contributed by atoms with Crippen LogP contribution in [0.2, 0.25) is 0 Å². The fraction of sp³-hybridized carbons (Fsp3) is 0.333. The summed E-state index contributed by atoms with van der Waals surface area (Å²) in [6.07, 6.45) is 10.1. The molecule has 0 spiro atoms. The Bertz CT molecular complexity index is 1520. The van der Waals surface area contributed by atoms with Crippen LogP contribution >= 0.6 is 0 Å². The first kappa shape index (κ1) is 28.4. The van der Waals surface area contributed by atoms with E-state index in [-0.39, 0.29) is 6.10 Å². The third kappa shape index (κ3) is 7.55. The molecule has 1 fully saturated rings. The number of ether oxygens (including phenoxy) is 3. The Balaban J connectivity index is 1.24. The van der Waals surface area contributed by atoms with Gasteiger partial charge in [0.05, 0.1) is 42.8 Å². The van der Waals surface area contributed by atoms with Crippen molar-refractivity contribution >= 4 is 11.0 Å². The Morgan fingerprint density at radius 2 is 2.02 bits per heavy atom. The summed E-state index contributed by atoms with van der Waals surface area (Å²) in [5, 5.41) is 9.75. The Labute approximate surface area is 241 Å². The zero-order valence-corrected chi connectivity index (χ0v) is 23.7. The number of aromatic nitrogens is 4. The van der Waals surface area contributed by atoms with Crippen LogP contribution in [0.4, 0.5) is 0 Å². The van der Waals surface area contributed by atoms with Crippen LogP contribution < -0.4 is 14.2 Å². The molecule has 1 aliphatic rings. The van der Waals surface area contributed by atoms with Gasteiger partial charge in [-0.05, 0) is 48.4 Å². The van der Waals surface area contributed by atoms with Gasteiger partial charge in [-0.2, -0.15) is 5.26 Å². The minimum absolute atomic E-state index is 0.0526. The number of aryl methyl sites for hydroxylation is 1. The van der Waals surface area contributed by atoms with Gasteiger partial charge in [0.15, 0.2) is 0 Å². The Hall–Kier alpha value is -4.11. The monoisotopic (exact) mass is 572 g/mol. The van der Waals surface area contributed by atoms with Gasteiger partial charge in [-0.3, -0.25) is 0 Å². The van der Waals surface area contributed by atoms with Crippen molar-refractivity contribution < 1.29 is 18.4 Å². The maximum Gasteiger partial charge on any atom is 0.137 e. The smallest absolute Gasteiger partial charge is 0.137 e. The van der Waals surface area contributed by atoms with Crippen LogP contribution in [0.15, 0.2) is 72.3 Å². The first-order chi connectivity index (χ1) is 20.1. The van der Waals surface area contributed by atoms with E-state index in [0.29, 0.717) is 59.7 Å². The third-order valence-electron chi connectivity index (χ3n) is 6.74. The number of nitrogens with zero attached hydrogens (tertiary/aromatic N) is 5. The summed E-state index contributed by atoms with van der Waals surface area (Å²) < 4.78 is 35.0. The van der Waals surface area contributed by atoms with Crippen LogP contribution in [0, 0.1) is 11.3 Å². The highest BCUT2D eigenvalue weighted by molar-refractivity contribution is 7.83. The average molecular weight is 573 g/mol. The lowest BCUT2D eigenvalue weighted by Crippen LogP contribution is -2.26. The van der Waals surface area contributed by atoms with Crippen molar-refractivity contribution in [3.05, 3.63) is 84.3 Å². The molecule has 1 N–H and O–H groups in total. The average Bonchev–Trinajstić information content (AvgIpc) is 3.54. The molecule has 0 bridgehead atoms. The van der Waals surface area contributed by atoms with Gasteiger partial charge in [-0.1, -0.05) is 6.07 Å². The van der Waals surface area contributed by atoms with Crippen LogP contribution in [0.5, 0.6) is 11.5 Å². The maximum atomic E-state index is 12.9. The molecule has 1 atom stereocenters. The SMILES string of the molecule is COc1cc(Cc2nccc(-c3ccc(OC4CCOCC4)c(C#N)c3)n2)ccc1S(=O)NCCCn1ccnc1. The van der Waals surface area contributed by atoms with Gasteiger partial charge in [-0.25, -0.2) is 23.9 Å². The van der Waals surface area contributed by atoms with Crippen molar-refractivity contribution in [3.63, 3.8) is 0 Å². The Morgan fingerprint density at radius 1 is 1.15 bits per heavy atom. The zero-order chi connectivity index (χ0) is 28.4. The van der Waals surface area contributed by atoms with Crippen LogP contribution in [-0.2, 0) is 28.7 Å². The Morgan fingerprint density at radius 3 is 2.80 bits per heavy atom. The molecule has 1 unspecified atom stereocenters. The molecule has 2 aromatic heterocycles. The molecule has 41 heavy (non-hydrogen) atoms. The van der Waals surface area contributed by atoms with E-state index in [0.717, 1.165) is 36.9 Å². The van der Waals surface area contributed by atoms with Crippen molar-refractivity contribution in [2.24, 2.45) is 0 Å². The summed E-state index contributed by atoms with van der Waals surface area (Å²) >= 11 is 0. The van der Waals surface area contributed by atoms with Crippen LogP contribution in [0.3, 0.4) is 0 Å². The molecule has 11 heteroatoms. The molecular formula is C30H32N6O4S. The fourth-order valence-corrected chi connectivity index (χ4v) is 5.58. The summed E-state index contributed by atoms with van der Waals surface area (Å²) in [5.74, 6) is 1.74. The normalized spacial score (nSPS) is 14.3. The largest absolute Gasteiger partial charge is 0.495 e. The molecule has 0 aliphatic carbocycles. The molecule has 2 aromatic carbocycles. The molecule has 1 aliphatic heterocycles. The lowest BCUT2D eigenvalue weighted by atomic mass is 10.1. The number of nitriles is 1. The zero-order valence-electron chi connectivity index (χ0n) is 22.9. The number of hydrogen-bond donors (Lipinski definition) is 1. The van der Waals surface area contributed by atoms with Crippen LogP contribution in [0.1, 0.15) is 36.2 Å². The van der Waals surface area contributed by atoms with Gasteiger partial charge >= 0.3 is 0 Å². The molecule has 0 saturated carbocycles. The van der Waals surface area contributed by atoms with Crippen molar-refractivity contribution in [3.8, 4) is 28.8 Å². The molecule has 1 saturated heterocycles. The molecule has 10 nitrogen and oxygen atoms in total. The van der Waals surface area contributed by atoms with E-state index >= 15 is 0 Å². The van der Waals surface area contributed by atoms with Crippen molar-refractivity contribution in [2.45, 2.75) is 43.2 Å². The molecule has 4 aromatic rings.